The van der Waals surface area contributed by atoms with Crippen LogP contribution >= 0.6 is 0 Å². The Bertz CT molecular complexity index is 612. The second-order valence-electron chi connectivity index (χ2n) is 6.74. The summed E-state index contributed by atoms with van der Waals surface area (Å²) in [6.45, 7) is 4.04. The first-order valence-electron chi connectivity index (χ1n) is 9.08. The van der Waals surface area contributed by atoms with Crippen molar-refractivity contribution in [3.05, 3.63) is 29.8 Å². The minimum absolute atomic E-state index is 0.155. The molecule has 2 amide bonds. The first kappa shape index (κ1) is 17.7. The van der Waals surface area contributed by atoms with Crippen LogP contribution in [0.25, 0.3) is 0 Å². The van der Waals surface area contributed by atoms with Crippen molar-refractivity contribution in [1.82, 2.24) is 15.1 Å². The topological polar surface area (TPSA) is 61.9 Å². The Hall–Kier alpha value is -2.08. The fourth-order valence-electron chi connectivity index (χ4n) is 3.73. The molecular weight excluding hydrogens is 318 g/mol. The van der Waals surface area contributed by atoms with E-state index in [4.69, 9.17) is 4.74 Å². The summed E-state index contributed by atoms with van der Waals surface area (Å²) in [5.41, 5.74) is 0.936. The summed E-state index contributed by atoms with van der Waals surface area (Å²) in [5.74, 6) is 1.08. The van der Waals surface area contributed by atoms with Crippen molar-refractivity contribution in [3.8, 4) is 5.75 Å². The average molecular weight is 345 g/mol. The van der Waals surface area contributed by atoms with Gasteiger partial charge in [0, 0.05) is 50.7 Å². The van der Waals surface area contributed by atoms with E-state index in [9.17, 15) is 9.59 Å². The summed E-state index contributed by atoms with van der Waals surface area (Å²) in [6.07, 6.45) is 2.91. The van der Waals surface area contributed by atoms with Crippen LogP contribution in [0.4, 0.5) is 0 Å². The van der Waals surface area contributed by atoms with Gasteiger partial charge in [0.2, 0.25) is 11.8 Å². The highest BCUT2D eigenvalue weighted by molar-refractivity contribution is 5.79. The summed E-state index contributed by atoms with van der Waals surface area (Å²) in [7, 11) is 1.63. The van der Waals surface area contributed by atoms with E-state index < -0.39 is 0 Å². The molecule has 3 rings (SSSR count). The Kier molecular flexibility index (Phi) is 5.91. The van der Waals surface area contributed by atoms with E-state index in [0.29, 0.717) is 18.9 Å². The highest BCUT2D eigenvalue weighted by atomic mass is 16.5. The molecule has 6 heteroatoms. The number of amides is 2. The molecule has 6 nitrogen and oxygen atoms in total. The van der Waals surface area contributed by atoms with Crippen molar-refractivity contribution >= 4 is 11.8 Å². The molecule has 1 unspecified atom stereocenters. The fraction of sp³-hybridized carbons (Fsp3) is 0.579. The third-order valence-electron chi connectivity index (χ3n) is 5.22. The maximum absolute atomic E-state index is 12.6. The molecule has 25 heavy (non-hydrogen) atoms. The van der Waals surface area contributed by atoms with Crippen LogP contribution in [0.5, 0.6) is 5.75 Å². The molecule has 136 valence electrons. The van der Waals surface area contributed by atoms with E-state index in [2.05, 4.69) is 10.2 Å². The number of piperazine rings is 1. The quantitative estimate of drug-likeness (QED) is 0.886. The first-order valence-corrected chi connectivity index (χ1v) is 9.08. The SMILES string of the molecule is COc1ccccc1CC(=O)N1CCN(C2CCNC(=O)CC2)CC1. The lowest BCUT2D eigenvalue weighted by Crippen LogP contribution is -2.52. The van der Waals surface area contributed by atoms with E-state index in [-0.39, 0.29) is 11.8 Å². The Morgan fingerprint density at radius 2 is 1.96 bits per heavy atom. The van der Waals surface area contributed by atoms with E-state index in [1.807, 2.05) is 29.2 Å². The van der Waals surface area contributed by atoms with E-state index in [0.717, 1.165) is 56.9 Å². The molecule has 1 aromatic carbocycles. The van der Waals surface area contributed by atoms with Gasteiger partial charge in [0.1, 0.15) is 5.75 Å². The highest BCUT2D eigenvalue weighted by Crippen LogP contribution is 2.20. The van der Waals surface area contributed by atoms with Gasteiger partial charge >= 0.3 is 0 Å². The molecule has 1 aromatic rings. The Morgan fingerprint density at radius 1 is 1.20 bits per heavy atom. The Labute approximate surface area is 149 Å². The van der Waals surface area contributed by atoms with Gasteiger partial charge < -0.3 is 15.0 Å². The Balaban J connectivity index is 1.51. The molecule has 2 saturated heterocycles. The van der Waals surface area contributed by atoms with Crippen molar-refractivity contribution in [3.63, 3.8) is 0 Å². The summed E-state index contributed by atoms with van der Waals surface area (Å²) in [5, 5.41) is 2.94. The van der Waals surface area contributed by atoms with Crippen LogP contribution in [0.3, 0.4) is 0 Å². The number of methoxy groups -OCH3 is 1. The van der Waals surface area contributed by atoms with Crippen molar-refractivity contribution < 1.29 is 14.3 Å². The van der Waals surface area contributed by atoms with Crippen LogP contribution in [-0.4, -0.2) is 67.5 Å². The number of hydrogen-bond acceptors (Lipinski definition) is 4. The number of rotatable bonds is 4. The van der Waals surface area contributed by atoms with Crippen LogP contribution in [0, 0.1) is 0 Å². The van der Waals surface area contributed by atoms with Gasteiger partial charge in [0.15, 0.2) is 0 Å². The van der Waals surface area contributed by atoms with Gasteiger partial charge in [-0.15, -0.1) is 0 Å². The zero-order chi connectivity index (χ0) is 17.6. The normalized spacial score (nSPS) is 22.2. The second kappa shape index (κ2) is 8.34. The van der Waals surface area contributed by atoms with Gasteiger partial charge in [-0.3, -0.25) is 14.5 Å². The zero-order valence-electron chi connectivity index (χ0n) is 14.9. The Morgan fingerprint density at radius 3 is 2.72 bits per heavy atom. The lowest BCUT2D eigenvalue weighted by molar-refractivity contribution is -0.132. The predicted octanol–water partition coefficient (Wildman–Crippen LogP) is 1.05. The van der Waals surface area contributed by atoms with Crippen LogP contribution in [0.2, 0.25) is 0 Å². The number of carbonyl (C=O) groups is 2. The number of nitrogens with one attached hydrogen (secondary N) is 1. The third-order valence-corrected chi connectivity index (χ3v) is 5.22. The minimum atomic E-state index is 0.155. The van der Waals surface area contributed by atoms with Crippen molar-refractivity contribution in [2.24, 2.45) is 0 Å². The van der Waals surface area contributed by atoms with E-state index >= 15 is 0 Å². The molecule has 0 aromatic heterocycles. The van der Waals surface area contributed by atoms with Gasteiger partial charge in [-0.2, -0.15) is 0 Å². The maximum atomic E-state index is 12.6. The maximum Gasteiger partial charge on any atom is 0.227 e. The number of benzene rings is 1. The number of nitrogens with zero attached hydrogens (tertiary/aromatic N) is 2. The highest BCUT2D eigenvalue weighted by Gasteiger charge is 2.27. The van der Waals surface area contributed by atoms with E-state index in [1.54, 1.807) is 7.11 Å². The molecule has 0 aliphatic carbocycles. The number of carbonyl (C=O) groups excluding carboxylic acids is 2. The molecule has 1 atom stereocenters. The van der Waals surface area contributed by atoms with Crippen molar-refractivity contribution in [2.75, 3.05) is 39.8 Å². The summed E-state index contributed by atoms with van der Waals surface area (Å²) in [6, 6.07) is 8.14. The molecule has 2 aliphatic rings. The monoisotopic (exact) mass is 345 g/mol. The molecule has 0 spiro atoms. The van der Waals surface area contributed by atoms with Crippen LogP contribution in [-0.2, 0) is 16.0 Å². The molecule has 0 bridgehead atoms. The lowest BCUT2D eigenvalue weighted by Gasteiger charge is -2.39. The van der Waals surface area contributed by atoms with E-state index in [1.165, 1.54) is 0 Å². The predicted molar refractivity (Wildman–Crippen MR) is 95.5 cm³/mol. The summed E-state index contributed by atoms with van der Waals surface area (Å²) < 4.78 is 5.34. The third kappa shape index (κ3) is 4.51. The largest absolute Gasteiger partial charge is 0.496 e. The fourth-order valence-corrected chi connectivity index (χ4v) is 3.73. The van der Waals surface area contributed by atoms with Gasteiger partial charge in [-0.1, -0.05) is 18.2 Å². The smallest absolute Gasteiger partial charge is 0.227 e. The molecule has 0 saturated carbocycles. The molecule has 1 N–H and O–H groups in total. The molecular formula is C19H27N3O3. The first-order chi connectivity index (χ1) is 12.2. The van der Waals surface area contributed by atoms with Crippen LogP contribution in [0.15, 0.2) is 24.3 Å². The molecule has 0 radical (unpaired) electrons. The number of para-hydroxylation sites is 1. The van der Waals surface area contributed by atoms with Crippen LogP contribution in [0.1, 0.15) is 24.8 Å². The second-order valence-corrected chi connectivity index (χ2v) is 6.74. The standard InChI is InChI=1S/C19H27N3O3/c1-25-17-5-3-2-4-15(17)14-19(24)22-12-10-21(11-13-22)16-6-7-18(23)20-9-8-16/h2-5,16H,6-14H2,1H3,(H,20,23). The zero-order valence-corrected chi connectivity index (χ0v) is 14.9. The van der Waals surface area contributed by atoms with Gasteiger partial charge in [0.05, 0.1) is 13.5 Å². The summed E-state index contributed by atoms with van der Waals surface area (Å²) in [4.78, 5) is 28.5. The number of ether oxygens (including phenoxy) is 1. The minimum Gasteiger partial charge on any atom is -0.496 e. The van der Waals surface area contributed by atoms with Crippen molar-refractivity contribution in [2.45, 2.75) is 31.7 Å². The van der Waals surface area contributed by atoms with Crippen molar-refractivity contribution in [1.29, 1.82) is 0 Å². The molecule has 2 fully saturated rings. The van der Waals surface area contributed by atoms with Gasteiger partial charge in [0.25, 0.3) is 0 Å². The number of hydrogen-bond donors (Lipinski definition) is 1. The molecule has 2 aliphatic heterocycles. The van der Waals surface area contributed by atoms with Gasteiger partial charge in [-0.05, 0) is 18.9 Å². The average Bonchev–Trinajstić information content (AvgIpc) is 2.87. The van der Waals surface area contributed by atoms with Crippen LogP contribution < -0.4 is 10.1 Å². The lowest BCUT2D eigenvalue weighted by atomic mass is 10.1. The van der Waals surface area contributed by atoms with Gasteiger partial charge in [-0.25, -0.2) is 0 Å². The molecule has 2 heterocycles. The summed E-state index contributed by atoms with van der Waals surface area (Å²) >= 11 is 0.